The number of nitrogens with zero attached hydrogens (tertiary/aromatic N) is 2. The van der Waals surface area contributed by atoms with Crippen molar-refractivity contribution in [1.82, 2.24) is 10.6 Å². The van der Waals surface area contributed by atoms with Crippen LogP contribution in [0.1, 0.15) is 22.5 Å². The number of anilines is 2. The normalized spacial score (nSPS) is 15.9. The van der Waals surface area contributed by atoms with Crippen LogP contribution in [0.5, 0.6) is 5.75 Å². The van der Waals surface area contributed by atoms with E-state index in [1.54, 1.807) is 26.3 Å². The van der Waals surface area contributed by atoms with Crippen LogP contribution in [0, 0.1) is 0 Å². The van der Waals surface area contributed by atoms with E-state index in [0.29, 0.717) is 18.3 Å². The molecular weight excluding hydrogens is 418 g/mol. The Morgan fingerprint density at radius 2 is 1.97 bits per heavy atom. The van der Waals surface area contributed by atoms with Crippen molar-refractivity contribution in [3.63, 3.8) is 0 Å². The highest BCUT2D eigenvalue weighted by molar-refractivity contribution is 6.02. The maximum Gasteiger partial charge on any atom is 0.291 e. The van der Waals surface area contributed by atoms with E-state index in [-0.39, 0.29) is 11.7 Å². The Bertz CT molecular complexity index is 1080. The Labute approximate surface area is 193 Å². The van der Waals surface area contributed by atoms with Crippen LogP contribution < -0.4 is 25.6 Å². The number of rotatable bonds is 7. The van der Waals surface area contributed by atoms with E-state index in [0.717, 1.165) is 42.5 Å². The summed E-state index contributed by atoms with van der Waals surface area (Å²) < 4.78 is 10.6. The zero-order valence-corrected chi connectivity index (χ0v) is 18.9. The number of hydrogen-bond acceptors (Lipinski definition) is 5. The third kappa shape index (κ3) is 5.65. The van der Waals surface area contributed by atoms with Gasteiger partial charge in [0, 0.05) is 38.4 Å². The van der Waals surface area contributed by atoms with Crippen molar-refractivity contribution < 1.29 is 13.9 Å². The number of para-hydroxylation sites is 2. The van der Waals surface area contributed by atoms with Crippen LogP contribution in [0.4, 0.5) is 11.4 Å². The van der Waals surface area contributed by atoms with Gasteiger partial charge in [0.15, 0.2) is 11.7 Å². The van der Waals surface area contributed by atoms with E-state index in [1.165, 1.54) is 6.26 Å². The molecule has 8 nitrogen and oxygen atoms in total. The Kier molecular flexibility index (Phi) is 7.14. The molecule has 0 saturated carbocycles. The van der Waals surface area contributed by atoms with E-state index in [1.807, 2.05) is 42.5 Å². The van der Waals surface area contributed by atoms with Gasteiger partial charge in [-0.25, -0.2) is 0 Å². The Balaban J connectivity index is 1.26. The summed E-state index contributed by atoms with van der Waals surface area (Å²) >= 11 is 0. The van der Waals surface area contributed by atoms with Gasteiger partial charge in [0.2, 0.25) is 0 Å². The molecule has 3 N–H and O–H groups in total. The Morgan fingerprint density at radius 3 is 2.70 bits per heavy atom. The number of benzene rings is 2. The quantitative estimate of drug-likeness (QED) is 0.379. The molecule has 1 saturated heterocycles. The largest absolute Gasteiger partial charge is 0.495 e. The summed E-state index contributed by atoms with van der Waals surface area (Å²) in [5.41, 5.74) is 2.91. The molecule has 3 aromatic rings. The lowest BCUT2D eigenvalue weighted by atomic mass is 10.2. The summed E-state index contributed by atoms with van der Waals surface area (Å²) in [5.74, 6) is 1.67. The maximum atomic E-state index is 12.1. The first-order valence-electron chi connectivity index (χ1n) is 10.9. The molecule has 1 aromatic heterocycles. The standard InChI is InChI=1S/C25H29N5O3/c1-26-25(29-20-13-14-30(17-20)21-6-3-4-7-22(21)32-2)27-16-18-9-11-19(12-10-18)28-24(31)23-8-5-15-33-23/h3-12,15,20H,13-14,16-17H2,1-2H3,(H,28,31)(H2,26,27,29). The van der Waals surface area contributed by atoms with Gasteiger partial charge in [0.05, 0.1) is 19.1 Å². The van der Waals surface area contributed by atoms with Crippen LogP contribution >= 0.6 is 0 Å². The lowest BCUT2D eigenvalue weighted by molar-refractivity contribution is 0.0996. The number of aliphatic imine (C=N–C) groups is 1. The molecule has 2 aromatic carbocycles. The van der Waals surface area contributed by atoms with Gasteiger partial charge >= 0.3 is 0 Å². The fourth-order valence-electron chi connectivity index (χ4n) is 3.87. The molecule has 0 bridgehead atoms. The first kappa shape index (κ1) is 22.3. The molecule has 4 rings (SSSR count). The SMILES string of the molecule is CN=C(NCc1ccc(NC(=O)c2ccco2)cc1)NC1CCN(c2ccccc2OC)C1. The fraction of sp³-hybridized carbons (Fsp3) is 0.280. The van der Waals surface area contributed by atoms with Crippen molar-refractivity contribution in [1.29, 1.82) is 0 Å². The van der Waals surface area contributed by atoms with Crippen molar-refractivity contribution in [2.45, 2.75) is 19.0 Å². The highest BCUT2D eigenvalue weighted by atomic mass is 16.5. The van der Waals surface area contributed by atoms with Crippen LogP contribution in [-0.2, 0) is 6.54 Å². The molecular formula is C25H29N5O3. The molecule has 33 heavy (non-hydrogen) atoms. The summed E-state index contributed by atoms with van der Waals surface area (Å²) in [6.45, 7) is 2.46. The minimum Gasteiger partial charge on any atom is -0.495 e. The number of amides is 1. The third-order valence-corrected chi connectivity index (χ3v) is 5.60. The van der Waals surface area contributed by atoms with Crippen molar-refractivity contribution in [2.75, 3.05) is 37.5 Å². The van der Waals surface area contributed by atoms with Gasteiger partial charge in [-0.05, 0) is 48.4 Å². The number of methoxy groups -OCH3 is 1. The summed E-state index contributed by atoms with van der Waals surface area (Å²) in [6, 6.07) is 19.4. The maximum absolute atomic E-state index is 12.1. The summed E-state index contributed by atoms with van der Waals surface area (Å²) in [5, 5.41) is 9.70. The Morgan fingerprint density at radius 1 is 1.15 bits per heavy atom. The van der Waals surface area contributed by atoms with Gasteiger partial charge < -0.3 is 30.0 Å². The topological polar surface area (TPSA) is 91.1 Å². The van der Waals surface area contributed by atoms with Gasteiger partial charge in [0.25, 0.3) is 5.91 Å². The molecule has 1 aliphatic heterocycles. The minimum absolute atomic E-state index is 0.269. The highest BCUT2D eigenvalue weighted by Gasteiger charge is 2.25. The fourth-order valence-corrected chi connectivity index (χ4v) is 3.87. The third-order valence-electron chi connectivity index (χ3n) is 5.60. The predicted octanol–water partition coefficient (Wildman–Crippen LogP) is 3.48. The van der Waals surface area contributed by atoms with Gasteiger partial charge in [-0.15, -0.1) is 0 Å². The van der Waals surface area contributed by atoms with E-state index in [9.17, 15) is 4.79 Å². The number of ether oxygens (including phenoxy) is 1. The second-order valence-electron chi connectivity index (χ2n) is 7.80. The molecule has 172 valence electrons. The molecule has 1 fully saturated rings. The van der Waals surface area contributed by atoms with E-state index in [4.69, 9.17) is 9.15 Å². The van der Waals surface area contributed by atoms with Crippen LogP contribution in [0.2, 0.25) is 0 Å². The molecule has 1 amide bonds. The summed E-state index contributed by atoms with van der Waals surface area (Å²) in [7, 11) is 3.48. The van der Waals surface area contributed by atoms with Crippen molar-refractivity contribution in [3.8, 4) is 5.75 Å². The number of guanidine groups is 1. The molecule has 2 heterocycles. The highest BCUT2D eigenvalue weighted by Crippen LogP contribution is 2.30. The van der Waals surface area contributed by atoms with Crippen molar-refractivity contribution >= 4 is 23.2 Å². The first-order chi connectivity index (χ1) is 16.2. The smallest absolute Gasteiger partial charge is 0.291 e. The second-order valence-corrected chi connectivity index (χ2v) is 7.80. The molecule has 0 radical (unpaired) electrons. The molecule has 0 aliphatic carbocycles. The van der Waals surface area contributed by atoms with Gasteiger partial charge in [-0.2, -0.15) is 0 Å². The monoisotopic (exact) mass is 447 g/mol. The minimum atomic E-state index is -0.269. The molecule has 1 atom stereocenters. The zero-order chi connectivity index (χ0) is 23.0. The van der Waals surface area contributed by atoms with Gasteiger partial charge in [-0.1, -0.05) is 24.3 Å². The number of nitrogens with one attached hydrogen (secondary N) is 3. The van der Waals surface area contributed by atoms with E-state index in [2.05, 4.69) is 31.9 Å². The summed E-state index contributed by atoms with van der Waals surface area (Å²) in [4.78, 5) is 18.8. The van der Waals surface area contributed by atoms with Crippen LogP contribution in [0.15, 0.2) is 76.3 Å². The van der Waals surface area contributed by atoms with Crippen molar-refractivity contribution in [2.24, 2.45) is 4.99 Å². The zero-order valence-electron chi connectivity index (χ0n) is 18.9. The first-order valence-corrected chi connectivity index (χ1v) is 10.9. The lowest BCUT2D eigenvalue weighted by Gasteiger charge is -2.22. The number of carbonyl (C=O) groups is 1. The van der Waals surface area contributed by atoms with Crippen molar-refractivity contribution in [3.05, 3.63) is 78.3 Å². The van der Waals surface area contributed by atoms with E-state index < -0.39 is 0 Å². The van der Waals surface area contributed by atoms with Crippen LogP contribution in [0.25, 0.3) is 0 Å². The average molecular weight is 448 g/mol. The van der Waals surface area contributed by atoms with E-state index >= 15 is 0 Å². The Hall–Kier alpha value is -3.94. The molecule has 8 heteroatoms. The van der Waals surface area contributed by atoms with Crippen LogP contribution in [0.3, 0.4) is 0 Å². The predicted molar refractivity (Wildman–Crippen MR) is 130 cm³/mol. The van der Waals surface area contributed by atoms with Crippen LogP contribution in [-0.4, -0.2) is 45.2 Å². The van der Waals surface area contributed by atoms with Gasteiger partial charge in [0.1, 0.15) is 5.75 Å². The summed E-state index contributed by atoms with van der Waals surface area (Å²) in [6.07, 6.45) is 2.50. The average Bonchev–Trinajstić information content (AvgIpc) is 3.55. The lowest BCUT2D eigenvalue weighted by Crippen LogP contribution is -2.44. The molecule has 1 aliphatic rings. The molecule has 1 unspecified atom stereocenters. The van der Waals surface area contributed by atoms with Gasteiger partial charge in [-0.3, -0.25) is 9.79 Å². The number of hydrogen-bond donors (Lipinski definition) is 3. The second kappa shape index (κ2) is 10.6. The molecule has 0 spiro atoms. The number of furan rings is 1. The number of carbonyl (C=O) groups excluding carboxylic acids is 1.